The Kier molecular flexibility index (Phi) is 4.40. The third-order valence-electron chi connectivity index (χ3n) is 3.88. The Bertz CT molecular complexity index is 1060. The Morgan fingerprint density at radius 1 is 1.12 bits per heavy atom. The molecule has 0 aliphatic rings. The van der Waals surface area contributed by atoms with Gasteiger partial charge in [-0.1, -0.05) is 24.6 Å². The Balaban J connectivity index is 2.30. The van der Waals surface area contributed by atoms with Crippen LogP contribution in [0.2, 0.25) is 0 Å². The summed E-state index contributed by atoms with van der Waals surface area (Å²) in [6.45, 7) is 4.39. The molecule has 2 aromatic heterocycles. The first-order chi connectivity index (χ1) is 11.4. The van der Waals surface area contributed by atoms with Gasteiger partial charge in [-0.25, -0.2) is 12.4 Å². The lowest BCUT2D eigenvalue weighted by atomic mass is 10.2. The number of benzene rings is 1. The summed E-state index contributed by atoms with van der Waals surface area (Å²) < 4.78 is 29.2. The third kappa shape index (κ3) is 2.71. The zero-order valence-electron chi connectivity index (χ0n) is 13.4. The number of aryl methyl sites for hydroxylation is 2. The largest absolute Gasteiger partial charge is 0.313 e. The van der Waals surface area contributed by atoms with Crippen LogP contribution < -0.4 is 5.56 Å². The summed E-state index contributed by atoms with van der Waals surface area (Å²) in [4.78, 5) is 12.9. The molecule has 3 rings (SSSR count). The van der Waals surface area contributed by atoms with Crippen molar-refractivity contribution in [2.45, 2.75) is 31.7 Å². The van der Waals surface area contributed by atoms with E-state index < -0.39 is 10.0 Å². The number of hydrogen-bond donors (Lipinski definition) is 0. The predicted molar refractivity (Wildman–Crippen MR) is 98.0 cm³/mol. The molecule has 3 aromatic rings. The highest BCUT2D eigenvalue weighted by Gasteiger charge is 2.22. The van der Waals surface area contributed by atoms with Gasteiger partial charge in [0.1, 0.15) is 5.52 Å². The zero-order valence-corrected chi connectivity index (χ0v) is 15.8. The molecule has 0 atom stereocenters. The average molecular weight is 409 g/mol. The van der Waals surface area contributed by atoms with Gasteiger partial charge in [-0.05, 0) is 47.5 Å². The number of rotatable bonds is 4. The molecule has 0 spiro atoms. The first kappa shape index (κ1) is 17.0. The fraction of sp³-hybridized carbons (Fsp3) is 0.235. The molecule has 0 saturated carbocycles. The fourth-order valence-corrected chi connectivity index (χ4v) is 4.56. The Morgan fingerprint density at radius 2 is 1.79 bits per heavy atom. The quantitative estimate of drug-likeness (QED) is 0.663. The summed E-state index contributed by atoms with van der Waals surface area (Å²) in [7, 11) is -3.83. The molecule has 0 aliphatic carbocycles. The van der Waals surface area contributed by atoms with E-state index in [0.29, 0.717) is 16.4 Å². The molecule has 2 heterocycles. The van der Waals surface area contributed by atoms with Crippen LogP contribution in [0.25, 0.3) is 10.9 Å². The summed E-state index contributed by atoms with van der Waals surface area (Å²) in [5.41, 5.74) is 0.827. The molecule has 7 heteroatoms. The van der Waals surface area contributed by atoms with Gasteiger partial charge in [0.15, 0.2) is 0 Å². The van der Waals surface area contributed by atoms with E-state index in [4.69, 9.17) is 0 Å². The number of halogens is 1. The Hall–Kier alpha value is -1.86. The van der Waals surface area contributed by atoms with Crippen LogP contribution in [0.5, 0.6) is 0 Å². The molecule has 1 aromatic carbocycles. The van der Waals surface area contributed by atoms with Gasteiger partial charge in [0.2, 0.25) is 0 Å². The second-order valence-electron chi connectivity index (χ2n) is 5.67. The summed E-state index contributed by atoms with van der Waals surface area (Å²) in [5.74, 6) is 0. The van der Waals surface area contributed by atoms with Crippen LogP contribution in [0, 0.1) is 6.92 Å². The second kappa shape index (κ2) is 6.22. The smallest absolute Gasteiger partial charge is 0.276 e. The molecule has 0 bridgehead atoms. The van der Waals surface area contributed by atoms with Crippen molar-refractivity contribution in [1.82, 2.24) is 8.54 Å². The minimum Gasteiger partial charge on any atom is -0.313 e. The van der Waals surface area contributed by atoms with Crippen LogP contribution in [0.4, 0.5) is 0 Å². The molecule has 0 fully saturated rings. The number of fused-ring (bicyclic) bond motifs is 1. The van der Waals surface area contributed by atoms with E-state index in [2.05, 4.69) is 15.9 Å². The molecule has 0 unspecified atom stereocenters. The van der Waals surface area contributed by atoms with Gasteiger partial charge in [0.05, 0.1) is 4.90 Å². The van der Waals surface area contributed by atoms with Gasteiger partial charge in [-0.2, -0.15) is 0 Å². The number of aromatic nitrogens is 2. The van der Waals surface area contributed by atoms with Crippen molar-refractivity contribution >= 4 is 36.9 Å². The average Bonchev–Trinajstić information content (AvgIpc) is 2.99. The maximum atomic E-state index is 13.0. The summed E-state index contributed by atoms with van der Waals surface area (Å²) in [6, 6.07) is 8.23. The standard InChI is InChI=1S/C17H17BrN2O3S/c1-3-9-19-11-15(18)14-8-10-20(16(14)17(19)21)24(22,23)13-6-4-12(2)5-7-13/h4-8,10-11H,3,9H2,1-2H3. The molecular weight excluding hydrogens is 392 g/mol. The molecule has 126 valence electrons. The maximum Gasteiger partial charge on any atom is 0.276 e. The minimum absolute atomic E-state index is 0.159. The van der Waals surface area contributed by atoms with Gasteiger partial charge in [-0.3, -0.25) is 4.79 Å². The van der Waals surface area contributed by atoms with E-state index in [1.165, 1.54) is 10.8 Å². The number of pyridine rings is 1. The summed E-state index contributed by atoms with van der Waals surface area (Å²) >= 11 is 3.43. The SMILES string of the molecule is CCCn1cc(Br)c2ccn(S(=O)(=O)c3ccc(C)cc3)c2c1=O. The lowest BCUT2D eigenvalue weighted by Gasteiger charge is -2.10. The highest BCUT2D eigenvalue weighted by molar-refractivity contribution is 9.10. The van der Waals surface area contributed by atoms with Gasteiger partial charge >= 0.3 is 0 Å². The lowest BCUT2D eigenvalue weighted by molar-refractivity contribution is 0.588. The van der Waals surface area contributed by atoms with Crippen LogP contribution in [0.1, 0.15) is 18.9 Å². The summed E-state index contributed by atoms with van der Waals surface area (Å²) in [6.07, 6.45) is 3.92. The number of hydrogen-bond acceptors (Lipinski definition) is 3. The van der Waals surface area contributed by atoms with Crippen LogP contribution in [0.15, 0.2) is 56.9 Å². The van der Waals surface area contributed by atoms with E-state index in [9.17, 15) is 13.2 Å². The molecule has 0 aliphatic heterocycles. The first-order valence-electron chi connectivity index (χ1n) is 7.58. The van der Waals surface area contributed by atoms with E-state index in [-0.39, 0.29) is 16.0 Å². The molecule has 0 saturated heterocycles. The van der Waals surface area contributed by atoms with Crippen LogP contribution in [0.3, 0.4) is 0 Å². The lowest BCUT2D eigenvalue weighted by Crippen LogP contribution is -2.24. The number of nitrogens with zero attached hydrogens (tertiary/aromatic N) is 2. The second-order valence-corrected chi connectivity index (χ2v) is 8.34. The zero-order chi connectivity index (χ0) is 17.5. The van der Waals surface area contributed by atoms with Gasteiger partial charge in [0.25, 0.3) is 15.6 Å². The van der Waals surface area contributed by atoms with Crippen LogP contribution in [-0.2, 0) is 16.6 Å². The fourth-order valence-electron chi connectivity index (χ4n) is 2.65. The highest BCUT2D eigenvalue weighted by atomic mass is 79.9. The van der Waals surface area contributed by atoms with Gasteiger partial charge < -0.3 is 4.57 Å². The van der Waals surface area contributed by atoms with Gasteiger partial charge in [0, 0.05) is 28.8 Å². The molecule has 0 N–H and O–H groups in total. The van der Waals surface area contributed by atoms with Crippen molar-refractivity contribution in [3.05, 3.63) is 63.1 Å². The minimum atomic E-state index is -3.83. The van der Waals surface area contributed by atoms with E-state index >= 15 is 0 Å². The monoisotopic (exact) mass is 408 g/mol. The van der Waals surface area contributed by atoms with Crippen molar-refractivity contribution in [1.29, 1.82) is 0 Å². The van der Waals surface area contributed by atoms with Crippen molar-refractivity contribution in [3.8, 4) is 0 Å². The molecule has 0 radical (unpaired) electrons. The van der Waals surface area contributed by atoms with Crippen molar-refractivity contribution in [2.24, 2.45) is 0 Å². The van der Waals surface area contributed by atoms with Gasteiger partial charge in [-0.15, -0.1) is 0 Å². The van der Waals surface area contributed by atoms with Crippen molar-refractivity contribution < 1.29 is 8.42 Å². The summed E-state index contributed by atoms with van der Waals surface area (Å²) in [5, 5.41) is 0.586. The van der Waals surface area contributed by atoms with E-state index in [0.717, 1.165) is 16.0 Å². The van der Waals surface area contributed by atoms with Crippen molar-refractivity contribution in [2.75, 3.05) is 0 Å². The molecule has 24 heavy (non-hydrogen) atoms. The molecular formula is C17H17BrN2O3S. The highest BCUT2D eigenvalue weighted by Crippen LogP contribution is 2.25. The molecule has 0 amide bonds. The van der Waals surface area contributed by atoms with Crippen LogP contribution >= 0.6 is 15.9 Å². The topological polar surface area (TPSA) is 61.1 Å². The van der Waals surface area contributed by atoms with E-state index in [1.54, 1.807) is 36.5 Å². The third-order valence-corrected chi connectivity index (χ3v) is 6.21. The van der Waals surface area contributed by atoms with Crippen LogP contribution in [-0.4, -0.2) is 17.0 Å². The van der Waals surface area contributed by atoms with Crippen molar-refractivity contribution in [3.63, 3.8) is 0 Å². The first-order valence-corrected chi connectivity index (χ1v) is 9.82. The molecule has 5 nitrogen and oxygen atoms in total. The predicted octanol–water partition coefficient (Wildman–Crippen LogP) is 3.52. The Labute approximate surface area is 148 Å². The Morgan fingerprint density at radius 3 is 2.42 bits per heavy atom. The normalized spacial score (nSPS) is 12.0. The van der Waals surface area contributed by atoms with E-state index in [1.807, 2.05) is 13.8 Å². The maximum absolute atomic E-state index is 13.0.